The number of rotatable bonds is 5. The summed E-state index contributed by atoms with van der Waals surface area (Å²) < 4.78 is 46.6. The molecule has 30 heavy (non-hydrogen) atoms. The molecule has 156 valence electrons. The summed E-state index contributed by atoms with van der Waals surface area (Å²) in [6.07, 6.45) is -3.04. The molecule has 0 saturated carbocycles. The van der Waals surface area contributed by atoms with Gasteiger partial charge in [0.25, 0.3) is 0 Å². The molecule has 5 nitrogen and oxygen atoms in total. The second-order valence-electron chi connectivity index (χ2n) is 6.63. The number of carbonyl (C=O) groups is 1. The third-order valence-electron chi connectivity index (χ3n) is 4.73. The van der Waals surface area contributed by atoms with Crippen molar-refractivity contribution in [1.29, 1.82) is 0 Å². The predicted octanol–water partition coefficient (Wildman–Crippen LogP) is 4.92. The SMILES string of the molecule is COc1ccc2ncccc2c1C1SCC(=O)N1Cc1ccc(OC(F)(F)F)cc1. The molecule has 1 fully saturated rings. The molecule has 1 unspecified atom stereocenters. The Kier molecular flexibility index (Phi) is 5.46. The highest BCUT2D eigenvalue weighted by Gasteiger charge is 2.36. The summed E-state index contributed by atoms with van der Waals surface area (Å²) in [6, 6.07) is 13.0. The highest BCUT2D eigenvalue weighted by Crippen LogP contribution is 2.46. The van der Waals surface area contributed by atoms with E-state index in [0.717, 1.165) is 16.5 Å². The Balaban J connectivity index is 1.65. The molecule has 1 aliphatic heterocycles. The first-order chi connectivity index (χ1) is 14.4. The molecule has 0 radical (unpaired) electrons. The first-order valence-corrected chi connectivity index (χ1v) is 10.1. The van der Waals surface area contributed by atoms with Crippen LogP contribution in [0, 0.1) is 0 Å². The Hall–Kier alpha value is -2.94. The number of ether oxygens (including phenoxy) is 2. The zero-order valence-corrected chi connectivity index (χ0v) is 16.7. The van der Waals surface area contributed by atoms with Gasteiger partial charge in [-0.25, -0.2) is 0 Å². The van der Waals surface area contributed by atoms with E-state index in [0.29, 0.717) is 17.1 Å². The molecule has 1 amide bonds. The number of benzene rings is 2. The average molecular weight is 434 g/mol. The highest BCUT2D eigenvalue weighted by molar-refractivity contribution is 8.00. The quantitative estimate of drug-likeness (QED) is 0.571. The minimum absolute atomic E-state index is 0.0523. The van der Waals surface area contributed by atoms with Crippen molar-refractivity contribution in [2.45, 2.75) is 18.3 Å². The Morgan fingerprint density at radius 2 is 1.93 bits per heavy atom. The van der Waals surface area contributed by atoms with Crippen molar-refractivity contribution in [3.8, 4) is 11.5 Å². The number of alkyl halides is 3. The van der Waals surface area contributed by atoms with Gasteiger partial charge in [-0.05, 0) is 35.9 Å². The van der Waals surface area contributed by atoms with Crippen LogP contribution in [0.4, 0.5) is 13.2 Å². The van der Waals surface area contributed by atoms with Gasteiger partial charge >= 0.3 is 6.36 Å². The molecule has 1 saturated heterocycles. The number of aromatic nitrogens is 1. The lowest BCUT2D eigenvalue weighted by Crippen LogP contribution is -2.28. The predicted molar refractivity (Wildman–Crippen MR) is 107 cm³/mol. The highest BCUT2D eigenvalue weighted by atomic mass is 32.2. The Bertz CT molecular complexity index is 1070. The monoisotopic (exact) mass is 434 g/mol. The van der Waals surface area contributed by atoms with Gasteiger partial charge in [0.15, 0.2) is 0 Å². The number of pyridine rings is 1. The van der Waals surface area contributed by atoms with Gasteiger partial charge < -0.3 is 14.4 Å². The second kappa shape index (κ2) is 8.06. The molecule has 2 aromatic carbocycles. The summed E-state index contributed by atoms with van der Waals surface area (Å²) in [5.74, 6) is 0.608. The van der Waals surface area contributed by atoms with Gasteiger partial charge in [-0.15, -0.1) is 24.9 Å². The van der Waals surface area contributed by atoms with Gasteiger partial charge in [0.1, 0.15) is 16.9 Å². The van der Waals surface area contributed by atoms with E-state index in [-0.39, 0.29) is 23.6 Å². The van der Waals surface area contributed by atoms with Crippen molar-refractivity contribution >= 4 is 28.6 Å². The average Bonchev–Trinajstić information content (AvgIpc) is 3.07. The van der Waals surface area contributed by atoms with Gasteiger partial charge in [-0.3, -0.25) is 9.78 Å². The van der Waals surface area contributed by atoms with Crippen LogP contribution in [-0.4, -0.2) is 35.0 Å². The normalized spacial score (nSPS) is 16.9. The summed E-state index contributed by atoms with van der Waals surface area (Å²) in [5.41, 5.74) is 2.35. The number of amides is 1. The summed E-state index contributed by atoms with van der Waals surface area (Å²) in [5, 5.41) is 0.592. The molecule has 0 aliphatic carbocycles. The fourth-order valence-corrected chi connectivity index (χ4v) is 4.69. The fraction of sp³-hybridized carbons (Fsp3) is 0.238. The Labute approximate surface area is 174 Å². The van der Waals surface area contributed by atoms with Crippen LogP contribution in [0.3, 0.4) is 0 Å². The van der Waals surface area contributed by atoms with Crippen LogP contribution < -0.4 is 9.47 Å². The van der Waals surface area contributed by atoms with Crippen LogP contribution in [0.5, 0.6) is 11.5 Å². The van der Waals surface area contributed by atoms with E-state index in [4.69, 9.17) is 4.74 Å². The van der Waals surface area contributed by atoms with Gasteiger partial charge in [0.2, 0.25) is 5.91 Å². The van der Waals surface area contributed by atoms with E-state index < -0.39 is 6.36 Å². The minimum atomic E-state index is -4.74. The van der Waals surface area contributed by atoms with Crippen LogP contribution >= 0.6 is 11.8 Å². The van der Waals surface area contributed by atoms with Crippen LogP contribution in [0.1, 0.15) is 16.5 Å². The number of methoxy groups -OCH3 is 1. The molecule has 1 aliphatic rings. The van der Waals surface area contributed by atoms with E-state index in [2.05, 4.69) is 9.72 Å². The van der Waals surface area contributed by atoms with Gasteiger partial charge in [-0.1, -0.05) is 18.2 Å². The smallest absolute Gasteiger partial charge is 0.496 e. The van der Waals surface area contributed by atoms with Crippen molar-refractivity contribution in [3.63, 3.8) is 0 Å². The van der Waals surface area contributed by atoms with E-state index in [1.165, 1.54) is 36.0 Å². The maximum Gasteiger partial charge on any atom is 0.573 e. The minimum Gasteiger partial charge on any atom is -0.496 e. The second-order valence-corrected chi connectivity index (χ2v) is 7.70. The maximum absolute atomic E-state index is 12.6. The molecule has 9 heteroatoms. The third-order valence-corrected chi connectivity index (χ3v) is 5.95. The van der Waals surface area contributed by atoms with Crippen molar-refractivity contribution < 1.29 is 27.4 Å². The lowest BCUT2D eigenvalue weighted by molar-refractivity contribution is -0.274. The van der Waals surface area contributed by atoms with E-state index in [1.807, 2.05) is 24.3 Å². The lowest BCUT2D eigenvalue weighted by atomic mass is 10.1. The van der Waals surface area contributed by atoms with Crippen molar-refractivity contribution in [2.24, 2.45) is 0 Å². The van der Waals surface area contributed by atoms with Gasteiger partial charge in [-0.2, -0.15) is 0 Å². The van der Waals surface area contributed by atoms with E-state index in [9.17, 15) is 18.0 Å². The van der Waals surface area contributed by atoms with E-state index >= 15 is 0 Å². The lowest BCUT2D eigenvalue weighted by Gasteiger charge is -2.26. The number of fused-ring (bicyclic) bond motifs is 1. The standard InChI is InChI=1S/C21H17F3N2O3S/c1-28-17-9-8-16-15(3-2-10-25-16)19(17)20-26(18(27)12-30-20)11-13-4-6-14(7-5-13)29-21(22,23)24/h2-10,20H,11-12H2,1H3. The Morgan fingerprint density at radius 1 is 1.17 bits per heavy atom. The van der Waals surface area contributed by atoms with Gasteiger partial charge in [0.05, 0.1) is 18.4 Å². The molecule has 0 spiro atoms. The molecule has 1 atom stereocenters. The van der Waals surface area contributed by atoms with Crippen LogP contribution in [0.15, 0.2) is 54.7 Å². The summed E-state index contributed by atoms with van der Waals surface area (Å²) in [6.45, 7) is 0.253. The molecule has 0 N–H and O–H groups in total. The number of hydrogen-bond donors (Lipinski definition) is 0. The van der Waals surface area contributed by atoms with Crippen molar-refractivity contribution in [3.05, 3.63) is 65.9 Å². The summed E-state index contributed by atoms with van der Waals surface area (Å²) in [7, 11) is 1.58. The number of halogens is 3. The summed E-state index contributed by atoms with van der Waals surface area (Å²) >= 11 is 1.48. The number of nitrogens with zero attached hydrogens (tertiary/aromatic N) is 2. The zero-order chi connectivity index (χ0) is 21.3. The topological polar surface area (TPSA) is 51.7 Å². The Morgan fingerprint density at radius 3 is 2.63 bits per heavy atom. The summed E-state index contributed by atoms with van der Waals surface area (Å²) in [4.78, 5) is 18.7. The van der Waals surface area contributed by atoms with Crippen molar-refractivity contribution in [1.82, 2.24) is 9.88 Å². The molecular formula is C21H17F3N2O3S. The first-order valence-electron chi connectivity index (χ1n) is 9.03. The first kappa shape index (κ1) is 20.3. The molecule has 1 aromatic heterocycles. The number of hydrogen-bond acceptors (Lipinski definition) is 5. The maximum atomic E-state index is 12.6. The molecule has 0 bridgehead atoms. The zero-order valence-electron chi connectivity index (χ0n) is 15.8. The van der Waals surface area contributed by atoms with Crippen LogP contribution in [0.25, 0.3) is 10.9 Å². The van der Waals surface area contributed by atoms with Crippen LogP contribution in [-0.2, 0) is 11.3 Å². The van der Waals surface area contributed by atoms with Crippen LogP contribution in [0.2, 0.25) is 0 Å². The molecule has 4 rings (SSSR count). The number of thioether (sulfide) groups is 1. The third kappa shape index (κ3) is 4.16. The largest absolute Gasteiger partial charge is 0.573 e. The van der Waals surface area contributed by atoms with E-state index in [1.54, 1.807) is 18.2 Å². The fourth-order valence-electron chi connectivity index (χ4n) is 3.45. The number of carbonyl (C=O) groups excluding carboxylic acids is 1. The van der Waals surface area contributed by atoms with Crippen molar-refractivity contribution in [2.75, 3.05) is 12.9 Å². The molecule has 2 heterocycles. The molecule has 3 aromatic rings. The van der Waals surface area contributed by atoms with Gasteiger partial charge in [0, 0.05) is 23.7 Å². The molecular weight excluding hydrogens is 417 g/mol.